The Balaban J connectivity index is 4.02. The second kappa shape index (κ2) is 9.75. The van der Waals surface area contributed by atoms with Gasteiger partial charge in [-0.3, -0.25) is 0 Å². The van der Waals surface area contributed by atoms with Crippen LogP contribution in [0.25, 0.3) is 0 Å². The van der Waals surface area contributed by atoms with E-state index in [4.69, 9.17) is 22.8 Å². The summed E-state index contributed by atoms with van der Waals surface area (Å²) in [5.74, 6) is 1.97. The van der Waals surface area contributed by atoms with E-state index in [1.807, 2.05) is 12.0 Å². The predicted octanol–water partition coefficient (Wildman–Crippen LogP) is 0.792. The van der Waals surface area contributed by atoms with Crippen LogP contribution >= 0.6 is 0 Å². The fraction of sp³-hybridized carbons (Fsp3) is 0.462. The van der Waals surface area contributed by atoms with E-state index in [1.165, 1.54) is 0 Å². The fourth-order valence-corrected chi connectivity index (χ4v) is 1.05. The van der Waals surface area contributed by atoms with Crippen molar-refractivity contribution >= 4 is 11.9 Å². The van der Waals surface area contributed by atoms with E-state index in [1.54, 1.807) is 0 Å². The summed E-state index contributed by atoms with van der Waals surface area (Å²) in [5.41, 5.74) is 0. The summed E-state index contributed by atoms with van der Waals surface area (Å²) in [4.78, 5) is 22.2. The molecule has 0 radical (unpaired) electrons. The van der Waals surface area contributed by atoms with Gasteiger partial charge in [-0.15, -0.1) is 12.8 Å². The highest BCUT2D eigenvalue weighted by molar-refractivity contribution is 6.29. The molecule has 5 heteroatoms. The molecule has 0 spiro atoms. The van der Waals surface area contributed by atoms with E-state index in [0.717, 1.165) is 0 Å². The van der Waals surface area contributed by atoms with Gasteiger partial charge < -0.3 is 9.47 Å². The highest BCUT2D eigenvalue weighted by atomic mass is 16.6. The molecule has 1 atom stereocenters. The molecule has 0 saturated heterocycles. The number of hydrogen-bond acceptors (Lipinski definition) is 5. The van der Waals surface area contributed by atoms with Gasteiger partial charge in [-0.1, -0.05) is 11.8 Å². The number of unbranched alkanes of at least 4 members (excludes halogenated alkanes) is 2. The summed E-state index contributed by atoms with van der Waals surface area (Å²) in [6.07, 6.45) is 11.3. The van der Waals surface area contributed by atoms with E-state index in [0.29, 0.717) is 25.7 Å². The third kappa shape index (κ3) is 6.93. The van der Waals surface area contributed by atoms with Gasteiger partial charge in [-0.2, -0.15) is 5.26 Å². The van der Waals surface area contributed by atoms with Crippen molar-refractivity contribution in [2.45, 2.75) is 31.8 Å². The van der Waals surface area contributed by atoms with Gasteiger partial charge in [-0.05, 0) is 19.3 Å². The normalized spacial score (nSPS) is 10.3. The average Bonchev–Trinajstić information content (AvgIpc) is 2.39. The topological polar surface area (TPSA) is 76.4 Å². The van der Waals surface area contributed by atoms with Crippen LogP contribution in [0.15, 0.2) is 0 Å². The zero-order valence-electron chi connectivity index (χ0n) is 9.85. The molecule has 0 N–H and O–H groups in total. The molecular weight excluding hydrogens is 234 g/mol. The van der Waals surface area contributed by atoms with Crippen LogP contribution in [-0.2, 0) is 19.1 Å². The molecule has 0 heterocycles. The van der Waals surface area contributed by atoms with E-state index in [2.05, 4.69) is 10.7 Å². The van der Waals surface area contributed by atoms with Crippen LogP contribution in [-0.4, -0.2) is 24.6 Å². The van der Waals surface area contributed by atoms with Crippen LogP contribution in [0.2, 0.25) is 0 Å². The van der Waals surface area contributed by atoms with Crippen LogP contribution in [0.4, 0.5) is 0 Å². The largest absolute Gasteiger partial charge is 0.444 e. The lowest BCUT2D eigenvalue weighted by Crippen LogP contribution is -2.25. The molecule has 18 heavy (non-hydrogen) atoms. The molecule has 0 aromatic carbocycles. The number of rotatable bonds is 6. The number of ether oxygens (including phenoxy) is 2. The van der Waals surface area contributed by atoms with Crippen LogP contribution in [0.1, 0.15) is 25.7 Å². The van der Waals surface area contributed by atoms with E-state index in [-0.39, 0.29) is 6.61 Å². The number of carbonyl (C=O) groups excluding carboxylic acids is 2. The van der Waals surface area contributed by atoms with Crippen molar-refractivity contribution in [3.05, 3.63) is 0 Å². The smallest absolute Gasteiger partial charge is 0.418 e. The third-order valence-corrected chi connectivity index (χ3v) is 1.89. The summed E-state index contributed by atoms with van der Waals surface area (Å²) >= 11 is 0. The van der Waals surface area contributed by atoms with E-state index < -0.39 is 18.0 Å². The van der Waals surface area contributed by atoms with Crippen molar-refractivity contribution in [3.63, 3.8) is 0 Å². The molecule has 0 rings (SSSR count). The highest BCUT2D eigenvalue weighted by Gasteiger charge is 2.20. The van der Waals surface area contributed by atoms with Crippen LogP contribution in [0.5, 0.6) is 0 Å². The molecule has 5 nitrogen and oxygen atoms in total. The van der Waals surface area contributed by atoms with Crippen LogP contribution in [0, 0.1) is 36.0 Å². The summed E-state index contributed by atoms with van der Waals surface area (Å²) in [5, 5.41) is 8.34. The fourth-order valence-electron chi connectivity index (χ4n) is 1.05. The Hall–Kier alpha value is -2.45. The number of nitrogens with zero attached hydrogens (tertiary/aromatic N) is 1. The molecule has 94 valence electrons. The van der Waals surface area contributed by atoms with Gasteiger partial charge in [0.15, 0.2) is 12.7 Å². The first-order chi connectivity index (χ1) is 8.65. The first-order valence-corrected chi connectivity index (χ1v) is 5.30. The average molecular weight is 247 g/mol. The van der Waals surface area contributed by atoms with Crippen molar-refractivity contribution in [2.24, 2.45) is 0 Å². The maximum absolute atomic E-state index is 11.2. The first-order valence-electron chi connectivity index (χ1n) is 5.30. The number of terminal acetylenes is 2. The number of carbonyl (C=O) groups is 2. The Morgan fingerprint density at radius 1 is 1.22 bits per heavy atom. The zero-order valence-corrected chi connectivity index (χ0v) is 9.85. The Morgan fingerprint density at radius 2 is 1.94 bits per heavy atom. The second-order valence-electron chi connectivity index (χ2n) is 3.24. The summed E-state index contributed by atoms with van der Waals surface area (Å²) in [7, 11) is 0. The van der Waals surface area contributed by atoms with Crippen LogP contribution in [0.3, 0.4) is 0 Å². The van der Waals surface area contributed by atoms with Gasteiger partial charge >= 0.3 is 11.9 Å². The molecule has 0 aliphatic rings. The van der Waals surface area contributed by atoms with Crippen molar-refractivity contribution in [1.82, 2.24) is 0 Å². The summed E-state index contributed by atoms with van der Waals surface area (Å²) in [6.45, 7) is -0.295. The predicted molar refractivity (Wildman–Crippen MR) is 62.6 cm³/mol. The standard InChI is InChI=1S/C13H13NO4/c1-3-10-17-12(15)13(16)18-11(4-2)8-6-5-7-9-14/h1-2,11H,5-8,10H2. The van der Waals surface area contributed by atoms with Crippen molar-refractivity contribution < 1.29 is 19.1 Å². The molecule has 0 aliphatic heterocycles. The van der Waals surface area contributed by atoms with Gasteiger partial charge in [0, 0.05) is 6.42 Å². The van der Waals surface area contributed by atoms with Gasteiger partial charge in [0.2, 0.25) is 0 Å². The quantitative estimate of drug-likeness (QED) is 0.300. The third-order valence-electron chi connectivity index (χ3n) is 1.89. The Labute approximate surface area is 106 Å². The molecule has 0 amide bonds. The van der Waals surface area contributed by atoms with Gasteiger partial charge in [0.05, 0.1) is 6.07 Å². The minimum Gasteiger partial charge on any atom is -0.444 e. The molecule has 0 aliphatic carbocycles. The Morgan fingerprint density at radius 3 is 2.50 bits per heavy atom. The van der Waals surface area contributed by atoms with Crippen LogP contribution < -0.4 is 0 Å². The first kappa shape index (κ1) is 15.6. The summed E-state index contributed by atoms with van der Waals surface area (Å²) in [6, 6.07) is 1.99. The highest BCUT2D eigenvalue weighted by Crippen LogP contribution is 2.06. The Kier molecular flexibility index (Phi) is 8.43. The molecule has 0 saturated carbocycles. The SMILES string of the molecule is C#CCOC(=O)C(=O)OC(C#C)CCCCC#N. The van der Waals surface area contributed by atoms with Crippen molar-refractivity contribution in [3.8, 4) is 30.8 Å². The number of nitriles is 1. The number of esters is 2. The molecule has 0 fully saturated rings. The molecule has 0 bridgehead atoms. The van der Waals surface area contributed by atoms with Crippen molar-refractivity contribution in [1.29, 1.82) is 5.26 Å². The van der Waals surface area contributed by atoms with Crippen molar-refractivity contribution in [2.75, 3.05) is 6.61 Å². The van der Waals surface area contributed by atoms with E-state index in [9.17, 15) is 9.59 Å². The van der Waals surface area contributed by atoms with Gasteiger partial charge in [0.25, 0.3) is 0 Å². The monoisotopic (exact) mass is 247 g/mol. The minimum absolute atomic E-state index is 0.295. The lowest BCUT2D eigenvalue weighted by atomic mass is 10.1. The zero-order chi connectivity index (χ0) is 13.8. The minimum atomic E-state index is -1.16. The Bertz CT molecular complexity index is 408. The summed E-state index contributed by atoms with van der Waals surface area (Å²) < 4.78 is 9.12. The van der Waals surface area contributed by atoms with Gasteiger partial charge in [-0.25, -0.2) is 9.59 Å². The maximum atomic E-state index is 11.2. The van der Waals surface area contributed by atoms with E-state index >= 15 is 0 Å². The molecule has 1 unspecified atom stereocenters. The molecular formula is C13H13NO4. The second-order valence-corrected chi connectivity index (χ2v) is 3.24. The molecule has 0 aromatic heterocycles. The maximum Gasteiger partial charge on any atom is 0.418 e. The number of hydrogen-bond donors (Lipinski definition) is 0. The lowest BCUT2D eigenvalue weighted by Gasteiger charge is -2.10. The molecule has 0 aromatic rings. The van der Waals surface area contributed by atoms with Gasteiger partial charge in [0.1, 0.15) is 0 Å². The lowest BCUT2D eigenvalue weighted by molar-refractivity contribution is -0.168.